The number of alkyl halides is 3. The van der Waals surface area contributed by atoms with Gasteiger partial charge in [0.15, 0.2) is 0 Å². The number of thioether (sulfide) groups is 1. The molecule has 3 rings (SSSR count). The number of ether oxygens (including phenoxy) is 1. The topological polar surface area (TPSA) is 113 Å². The summed E-state index contributed by atoms with van der Waals surface area (Å²) in [5.74, 6) is -3.83. The van der Waals surface area contributed by atoms with Crippen molar-refractivity contribution in [2.45, 2.75) is 82.5 Å². The molecule has 0 spiro atoms. The van der Waals surface area contributed by atoms with Gasteiger partial charge < -0.3 is 9.84 Å². The summed E-state index contributed by atoms with van der Waals surface area (Å²) < 4.78 is 36.9. The van der Waals surface area contributed by atoms with Gasteiger partial charge in [0, 0.05) is 17.5 Å². The van der Waals surface area contributed by atoms with Crippen LogP contribution in [0.25, 0.3) is 0 Å². The number of methoxy groups -OCH3 is 1. The quantitative estimate of drug-likeness (QED) is 0.157. The number of fused-ring (bicyclic) bond motifs is 1. The third-order valence-corrected chi connectivity index (χ3v) is 8.19. The zero-order chi connectivity index (χ0) is 30.3. The molecule has 0 bridgehead atoms. The second-order valence-corrected chi connectivity index (χ2v) is 11.6. The number of amides is 2. The minimum atomic E-state index is -5.08. The molecule has 0 unspecified atom stereocenters. The molecule has 2 aliphatic rings. The van der Waals surface area contributed by atoms with Crippen LogP contribution in [0.2, 0.25) is 0 Å². The van der Waals surface area contributed by atoms with Gasteiger partial charge in [-0.25, -0.2) is 4.79 Å². The molecule has 2 aliphatic heterocycles. The van der Waals surface area contributed by atoms with E-state index < -0.39 is 41.5 Å². The normalized spacial score (nSPS) is 24.1. The SMILES string of the molecule is CCCCCCSc1ccc([C@H]2N[C@@](CC(C)C)(C(=O)OC)[C@H]3C(=O)N(CC)C(=O)[C@@H]23)cc1.O=C(O)C(F)(F)F. The molecule has 2 N–H and O–H groups in total. The van der Waals surface area contributed by atoms with Crippen LogP contribution in [0.1, 0.15) is 71.4 Å². The van der Waals surface area contributed by atoms with E-state index in [1.165, 1.54) is 42.6 Å². The first-order chi connectivity index (χ1) is 18.7. The average molecular weight is 589 g/mol. The van der Waals surface area contributed by atoms with Crippen molar-refractivity contribution in [3.63, 3.8) is 0 Å². The van der Waals surface area contributed by atoms with Crippen molar-refractivity contribution in [2.24, 2.45) is 17.8 Å². The van der Waals surface area contributed by atoms with Crippen molar-refractivity contribution in [3.8, 4) is 0 Å². The van der Waals surface area contributed by atoms with Gasteiger partial charge in [-0.15, -0.1) is 11.8 Å². The van der Waals surface area contributed by atoms with Crippen LogP contribution in [-0.4, -0.2) is 64.9 Å². The van der Waals surface area contributed by atoms with Gasteiger partial charge in [0.2, 0.25) is 11.8 Å². The lowest BCUT2D eigenvalue weighted by Crippen LogP contribution is -2.57. The minimum absolute atomic E-state index is 0.140. The lowest BCUT2D eigenvalue weighted by atomic mass is 9.75. The Morgan fingerprint density at radius 3 is 2.17 bits per heavy atom. The van der Waals surface area contributed by atoms with Crippen LogP contribution in [0.15, 0.2) is 29.2 Å². The fourth-order valence-corrected chi connectivity index (χ4v) is 6.35. The number of nitrogens with one attached hydrogen (secondary N) is 1. The summed E-state index contributed by atoms with van der Waals surface area (Å²) in [5, 5.41) is 10.6. The van der Waals surface area contributed by atoms with Gasteiger partial charge >= 0.3 is 18.1 Å². The summed E-state index contributed by atoms with van der Waals surface area (Å²) in [6.45, 7) is 8.35. The van der Waals surface area contributed by atoms with Gasteiger partial charge in [0.1, 0.15) is 5.54 Å². The number of esters is 1. The number of benzene rings is 1. The largest absolute Gasteiger partial charge is 0.490 e. The van der Waals surface area contributed by atoms with E-state index in [0.717, 1.165) is 11.3 Å². The standard InChI is InChI=1S/C26H38N2O4S.C2HF3O2/c1-6-8-9-10-15-33-19-13-11-18(12-14-19)22-20-21(24(30)28(7-2)23(20)29)26(27-22,16-17(3)4)25(31)32-5;3-2(4,5)1(6)7/h11-14,17,20-22,27H,6-10,15-16H2,1-5H3;(H,6,7)/t20-,21-,22-,26-;/m1./s1. The number of carbonyl (C=O) groups excluding carboxylic acids is 3. The number of imide groups is 1. The van der Waals surface area contributed by atoms with Crippen LogP contribution in [0.4, 0.5) is 13.2 Å². The van der Waals surface area contributed by atoms with Crippen molar-refractivity contribution in [2.75, 3.05) is 19.4 Å². The average Bonchev–Trinajstić information content (AvgIpc) is 3.36. The summed E-state index contributed by atoms with van der Waals surface area (Å²) >= 11 is 1.84. The van der Waals surface area contributed by atoms with E-state index in [2.05, 4.69) is 24.4 Å². The zero-order valence-electron chi connectivity index (χ0n) is 23.5. The first-order valence-corrected chi connectivity index (χ1v) is 14.5. The molecule has 2 amide bonds. The van der Waals surface area contributed by atoms with Crippen molar-refractivity contribution < 1.29 is 42.2 Å². The van der Waals surface area contributed by atoms with Crippen LogP contribution in [-0.2, 0) is 23.9 Å². The molecule has 0 aromatic heterocycles. The molecule has 0 radical (unpaired) electrons. The monoisotopic (exact) mass is 588 g/mol. The van der Waals surface area contributed by atoms with E-state index in [9.17, 15) is 27.6 Å². The highest BCUT2D eigenvalue weighted by molar-refractivity contribution is 7.99. The smallest absolute Gasteiger partial charge is 0.475 e. The van der Waals surface area contributed by atoms with E-state index in [1.54, 1.807) is 6.92 Å². The third kappa shape index (κ3) is 7.57. The molecule has 224 valence electrons. The fraction of sp³-hybridized carbons (Fsp3) is 0.643. The maximum Gasteiger partial charge on any atom is 0.490 e. The second-order valence-electron chi connectivity index (χ2n) is 10.4. The Bertz CT molecular complexity index is 1050. The predicted molar refractivity (Wildman–Crippen MR) is 144 cm³/mol. The molecule has 8 nitrogen and oxygen atoms in total. The lowest BCUT2D eigenvalue weighted by Gasteiger charge is -2.33. The molecule has 40 heavy (non-hydrogen) atoms. The van der Waals surface area contributed by atoms with Crippen LogP contribution < -0.4 is 5.32 Å². The van der Waals surface area contributed by atoms with Gasteiger partial charge in [0.05, 0.1) is 18.9 Å². The number of hydrogen-bond acceptors (Lipinski definition) is 7. The zero-order valence-corrected chi connectivity index (χ0v) is 24.4. The molecule has 2 heterocycles. The number of carbonyl (C=O) groups is 4. The van der Waals surface area contributed by atoms with Gasteiger partial charge in [-0.1, -0.05) is 52.2 Å². The minimum Gasteiger partial charge on any atom is -0.475 e. The molecular formula is C28H39F3N2O6S. The first kappa shape index (κ1) is 33.6. The number of aliphatic carboxylic acids is 1. The Labute approximate surface area is 237 Å². The van der Waals surface area contributed by atoms with Gasteiger partial charge in [-0.05, 0) is 49.1 Å². The highest BCUT2D eigenvalue weighted by atomic mass is 32.2. The molecule has 1 aromatic rings. The Morgan fingerprint density at radius 2 is 1.70 bits per heavy atom. The molecule has 1 aromatic carbocycles. The summed E-state index contributed by atoms with van der Waals surface area (Å²) in [6.07, 6.45) is 0.312. The van der Waals surface area contributed by atoms with E-state index in [1.807, 2.05) is 37.7 Å². The summed E-state index contributed by atoms with van der Waals surface area (Å²) in [5.41, 5.74) is -0.282. The Balaban J connectivity index is 0.000000708. The van der Waals surface area contributed by atoms with Crippen LogP contribution >= 0.6 is 11.8 Å². The summed E-state index contributed by atoms with van der Waals surface area (Å²) in [7, 11) is 1.35. The van der Waals surface area contributed by atoms with Gasteiger partial charge in [-0.3, -0.25) is 24.6 Å². The van der Waals surface area contributed by atoms with Crippen LogP contribution in [0.5, 0.6) is 0 Å². The highest BCUT2D eigenvalue weighted by Crippen LogP contribution is 2.51. The second kappa shape index (κ2) is 14.3. The number of hydrogen-bond donors (Lipinski definition) is 2. The van der Waals surface area contributed by atoms with Crippen molar-refractivity contribution in [1.82, 2.24) is 10.2 Å². The molecule has 2 fully saturated rings. The van der Waals surface area contributed by atoms with E-state index in [4.69, 9.17) is 14.6 Å². The summed E-state index contributed by atoms with van der Waals surface area (Å²) in [6, 6.07) is 7.80. The predicted octanol–water partition coefficient (Wildman–Crippen LogP) is 5.22. The van der Waals surface area contributed by atoms with Crippen LogP contribution in [0, 0.1) is 17.8 Å². The number of unbranched alkanes of at least 4 members (excludes halogenated alkanes) is 3. The number of carboxylic acid groups (broad SMARTS) is 1. The van der Waals surface area contributed by atoms with Gasteiger partial charge in [0.25, 0.3) is 0 Å². The van der Waals surface area contributed by atoms with Crippen molar-refractivity contribution in [3.05, 3.63) is 29.8 Å². The lowest BCUT2D eigenvalue weighted by molar-refractivity contribution is -0.192. The Hall–Kier alpha value is -2.60. The summed E-state index contributed by atoms with van der Waals surface area (Å²) in [4.78, 5) is 51.1. The maximum absolute atomic E-state index is 13.3. The highest BCUT2D eigenvalue weighted by Gasteiger charge is 2.68. The van der Waals surface area contributed by atoms with Gasteiger partial charge in [-0.2, -0.15) is 13.2 Å². The fourth-order valence-electron chi connectivity index (χ4n) is 5.44. The molecule has 12 heteroatoms. The molecule has 2 saturated heterocycles. The Morgan fingerprint density at radius 1 is 1.10 bits per heavy atom. The number of likely N-dealkylation sites (tertiary alicyclic amines) is 1. The Kier molecular flexibility index (Phi) is 12.0. The number of rotatable bonds is 11. The van der Waals surface area contributed by atoms with E-state index in [-0.39, 0.29) is 17.7 Å². The first-order valence-electron chi connectivity index (χ1n) is 13.5. The van der Waals surface area contributed by atoms with Crippen molar-refractivity contribution >= 4 is 35.5 Å². The molecule has 0 aliphatic carbocycles. The van der Waals surface area contributed by atoms with E-state index >= 15 is 0 Å². The third-order valence-electron chi connectivity index (χ3n) is 7.09. The van der Waals surface area contributed by atoms with E-state index in [0.29, 0.717) is 13.0 Å². The maximum atomic E-state index is 13.3. The molecular weight excluding hydrogens is 549 g/mol. The van der Waals surface area contributed by atoms with Crippen LogP contribution in [0.3, 0.4) is 0 Å². The number of halogens is 3. The van der Waals surface area contributed by atoms with Crippen molar-refractivity contribution in [1.29, 1.82) is 0 Å². The molecule has 4 atom stereocenters. The number of nitrogens with zero attached hydrogens (tertiary/aromatic N) is 1. The number of carboxylic acids is 1. The molecule has 0 saturated carbocycles.